The average Bonchev–Trinajstić information content (AvgIpc) is 2.75. The maximum atomic E-state index is 13.1. The Kier molecular flexibility index (Phi) is 5.29. The summed E-state index contributed by atoms with van der Waals surface area (Å²) < 4.78 is 1.29. The van der Waals surface area contributed by atoms with Crippen molar-refractivity contribution in [3.05, 3.63) is 75.1 Å². The second kappa shape index (κ2) is 8.03. The molecule has 0 aliphatic carbocycles. The molecule has 0 saturated carbocycles. The molecule has 1 fully saturated rings. The zero-order valence-corrected chi connectivity index (χ0v) is 16.4. The van der Waals surface area contributed by atoms with Crippen molar-refractivity contribution in [2.45, 2.75) is 38.1 Å². The molecule has 7 heteroatoms. The van der Waals surface area contributed by atoms with E-state index in [9.17, 15) is 14.4 Å². The van der Waals surface area contributed by atoms with Crippen molar-refractivity contribution >= 4 is 16.9 Å². The number of carbonyl (C=O) groups is 1. The van der Waals surface area contributed by atoms with Gasteiger partial charge in [0, 0.05) is 25.3 Å². The Morgan fingerprint density at radius 3 is 2.55 bits per heavy atom. The molecule has 1 saturated heterocycles. The van der Waals surface area contributed by atoms with Crippen molar-refractivity contribution in [2.75, 3.05) is 13.1 Å². The summed E-state index contributed by atoms with van der Waals surface area (Å²) in [6, 6.07) is 12.9. The highest BCUT2D eigenvalue weighted by atomic mass is 16.2. The van der Waals surface area contributed by atoms with E-state index in [1.54, 1.807) is 18.3 Å². The van der Waals surface area contributed by atoms with Gasteiger partial charge in [0.2, 0.25) is 5.91 Å². The van der Waals surface area contributed by atoms with E-state index in [1.807, 2.05) is 42.2 Å². The molecule has 3 heterocycles. The third-order valence-corrected chi connectivity index (χ3v) is 5.75. The second-order valence-corrected chi connectivity index (χ2v) is 7.43. The van der Waals surface area contributed by atoms with Crippen molar-refractivity contribution in [1.29, 1.82) is 0 Å². The summed E-state index contributed by atoms with van der Waals surface area (Å²) in [5.74, 6) is -0.0493. The lowest BCUT2D eigenvalue weighted by molar-refractivity contribution is -0.134. The second-order valence-electron chi connectivity index (χ2n) is 7.43. The number of amides is 1. The molecule has 3 aromatic rings. The fourth-order valence-electron chi connectivity index (χ4n) is 4.20. The van der Waals surface area contributed by atoms with E-state index < -0.39 is 5.69 Å². The van der Waals surface area contributed by atoms with Crippen LogP contribution in [0.1, 0.15) is 43.7 Å². The van der Waals surface area contributed by atoms with Crippen LogP contribution in [-0.2, 0) is 4.79 Å². The summed E-state index contributed by atoms with van der Waals surface area (Å²) >= 11 is 0. The number of benzene rings is 1. The molecule has 7 nitrogen and oxygen atoms in total. The van der Waals surface area contributed by atoms with E-state index in [-0.39, 0.29) is 23.4 Å². The maximum absolute atomic E-state index is 13.1. The Hall–Kier alpha value is -3.22. The van der Waals surface area contributed by atoms with Crippen LogP contribution in [0.25, 0.3) is 11.0 Å². The SMILES string of the molecule is CC[C@@H](C(=O)N1CCC(n2c(=O)[nH]c3ncccc3c2=O)CC1)c1ccccc1. The number of carbonyl (C=O) groups excluding carboxylic acids is 1. The predicted octanol–water partition coefficient (Wildman–Crippen LogP) is 2.44. The minimum absolute atomic E-state index is 0.112. The molecule has 1 N–H and O–H groups in total. The third kappa shape index (κ3) is 3.60. The van der Waals surface area contributed by atoms with Crippen LogP contribution in [0.2, 0.25) is 0 Å². The van der Waals surface area contributed by atoms with Crippen molar-refractivity contribution in [1.82, 2.24) is 19.4 Å². The van der Waals surface area contributed by atoms with E-state index in [2.05, 4.69) is 9.97 Å². The van der Waals surface area contributed by atoms with Gasteiger partial charge in [0.25, 0.3) is 5.56 Å². The zero-order chi connectivity index (χ0) is 20.4. The van der Waals surface area contributed by atoms with Crippen LogP contribution in [-0.4, -0.2) is 38.4 Å². The van der Waals surface area contributed by atoms with Crippen LogP contribution in [0.4, 0.5) is 0 Å². The Bertz CT molecular complexity index is 1130. The number of H-pyrrole nitrogens is 1. The fourth-order valence-corrected chi connectivity index (χ4v) is 4.20. The molecular formula is C22H24N4O3. The number of nitrogens with zero attached hydrogens (tertiary/aromatic N) is 3. The highest BCUT2D eigenvalue weighted by Crippen LogP contribution is 2.26. The molecular weight excluding hydrogens is 368 g/mol. The number of hydrogen-bond acceptors (Lipinski definition) is 4. The van der Waals surface area contributed by atoms with Gasteiger partial charge in [0.05, 0.1) is 11.3 Å². The number of rotatable bonds is 4. The van der Waals surface area contributed by atoms with Gasteiger partial charge in [-0.05, 0) is 37.0 Å². The molecule has 29 heavy (non-hydrogen) atoms. The Balaban J connectivity index is 1.53. The van der Waals surface area contributed by atoms with Crippen molar-refractivity contribution in [3.8, 4) is 0 Å². The highest BCUT2D eigenvalue weighted by Gasteiger charge is 2.30. The molecule has 2 aromatic heterocycles. The molecule has 150 valence electrons. The largest absolute Gasteiger partial charge is 0.342 e. The van der Waals surface area contributed by atoms with Gasteiger partial charge in [-0.3, -0.25) is 19.1 Å². The normalized spacial score (nSPS) is 16.1. The van der Waals surface area contributed by atoms with Crippen LogP contribution >= 0.6 is 0 Å². The van der Waals surface area contributed by atoms with Crippen LogP contribution in [0.3, 0.4) is 0 Å². The number of aromatic nitrogens is 3. The Morgan fingerprint density at radius 1 is 1.14 bits per heavy atom. The van der Waals surface area contributed by atoms with E-state index >= 15 is 0 Å². The number of hydrogen-bond donors (Lipinski definition) is 1. The first kappa shape index (κ1) is 19.1. The third-order valence-electron chi connectivity index (χ3n) is 5.75. The van der Waals surface area contributed by atoms with E-state index in [4.69, 9.17) is 0 Å². The molecule has 1 aliphatic rings. The smallest absolute Gasteiger partial charge is 0.330 e. The number of pyridine rings is 1. The van der Waals surface area contributed by atoms with Crippen molar-refractivity contribution in [3.63, 3.8) is 0 Å². The van der Waals surface area contributed by atoms with Crippen LogP contribution in [0, 0.1) is 0 Å². The van der Waals surface area contributed by atoms with E-state index in [0.29, 0.717) is 37.0 Å². The number of likely N-dealkylation sites (tertiary alicyclic amines) is 1. The van der Waals surface area contributed by atoms with Gasteiger partial charge in [-0.25, -0.2) is 9.78 Å². The van der Waals surface area contributed by atoms with Crippen LogP contribution in [0.5, 0.6) is 0 Å². The summed E-state index contributed by atoms with van der Waals surface area (Å²) in [6.07, 6.45) is 3.43. The molecule has 0 spiro atoms. The molecule has 1 aromatic carbocycles. The lowest BCUT2D eigenvalue weighted by Crippen LogP contribution is -2.46. The number of piperidine rings is 1. The Morgan fingerprint density at radius 2 is 1.86 bits per heavy atom. The summed E-state index contributed by atoms with van der Waals surface area (Å²) in [6.45, 7) is 3.08. The molecule has 0 radical (unpaired) electrons. The highest BCUT2D eigenvalue weighted by molar-refractivity contribution is 5.83. The number of nitrogens with one attached hydrogen (secondary N) is 1. The average molecular weight is 392 g/mol. The maximum Gasteiger partial charge on any atom is 0.330 e. The lowest BCUT2D eigenvalue weighted by Gasteiger charge is -2.34. The van der Waals surface area contributed by atoms with E-state index in [1.165, 1.54) is 4.57 Å². The van der Waals surface area contributed by atoms with Gasteiger partial charge >= 0.3 is 5.69 Å². The molecule has 1 aliphatic heterocycles. The topological polar surface area (TPSA) is 88.1 Å². The van der Waals surface area contributed by atoms with Gasteiger partial charge in [-0.15, -0.1) is 0 Å². The van der Waals surface area contributed by atoms with Crippen LogP contribution in [0.15, 0.2) is 58.3 Å². The summed E-state index contributed by atoms with van der Waals surface area (Å²) in [5.41, 5.74) is 0.566. The molecule has 1 atom stereocenters. The van der Waals surface area contributed by atoms with Crippen molar-refractivity contribution in [2.24, 2.45) is 0 Å². The minimum atomic E-state index is -0.443. The first-order valence-corrected chi connectivity index (χ1v) is 10.0. The molecule has 0 unspecified atom stereocenters. The van der Waals surface area contributed by atoms with Gasteiger partial charge in [-0.2, -0.15) is 0 Å². The summed E-state index contributed by atoms with van der Waals surface area (Å²) in [7, 11) is 0. The number of aromatic amines is 1. The van der Waals surface area contributed by atoms with Crippen molar-refractivity contribution < 1.29 is 4.79 Å². The minimum Gasteiger partial charge on any atom is -0.342 e. The van der Waals surface area contributed by atoms with Gasteiger partial charge in [0.15, 0.2) is 0 Å². The molecule has 1 amide bonds. The van der Waals surface area contributed by atoms with Crippen LogP contribution < -0.4 is 11.2 Å². The van der Waals surface area contributed by atoms with Gasteiger partial charge in [-0.1, -0.05) is 37.3 Å². The fraction of sp³-hybridized carbons (Fsp3) is 0.364. The Labute approximate surface area is 168 Å². The van der Waals surface area contributed by atoms with Gasteiger partial charge in [0.1, 0.15) is 5.65 Å². The molecule has 0 bridgehead atoms. The first-order valence-electron chi connectivity index (χ1n) is 10.0. The summed E-state index contributed by atoms with van der Waals surface area (Å²) in [4.78, 5) is 47.0. The quantitative estimate of drug-likeness (QED) is 0.739. The van der Waals surface area contributed by atoms with Gasteiger partial charge < -0.3 is 4.90 Å². The lowest BCUT2D eigenvalue weighted by atomic mass is 9.93. The monoisotopic (exact) mass is 392 g/mol. The standard InChI is InChI=1S/C22H24N4O3/c1-2-17(15-7-4-3-5-8-15)20(27)25-13-10-16(11-14-25)26-21(28)18-9-6-12-23-19(18)24-22(26)29/h3-9,12,16-17H,2,10-11,13-14H2,1H3,(H,23,24,29)/t17-/m1/s1. The van der Waals surface area contributed by atoms with E-state index in [0.717, 1.165) is 12.0 Å². The molecule has 4 rings (SSSR count). The first-order chi connectivity index (χ1) is 14.1. The predicted molar refractivity (Wildman–Crippen MR) is 111 cm³/mol. The zero-order valence-electron chi connectivity index (χ0n) is 16.4. The summed E-state index contributed by atoms with van der Waals surface area (Å²) in [5, 5.41) is 0.403. The number of fused-ring (bicyclic) bond motifs is 1.